The number of anilines is 1. The molecule has 5 nitrogen and oxygen atoms in total. The highest BCUT2D eigenvalue weighted by Crippen LogP contribution is 2.29. The molecule has 0 radical (unpaired) electrons. The summed E-state index contributed by atoms with van der Waals surface area (Å²) in [5.74, 6) is 0. The van der Waals surface area contributed by atoms with Crippen molar-refractivity contribution in [3.05, 3.63) is 33.9 Å². The summed E-state index contributed by atoms with van der Waals surface area (Å²) in [5, 5.41) is 14.4. The fraction of sp³-hybridized carbons (Fsp3) is 0.538. The van der Waals surface area contributed by atoms with E-state index in [0.29, 0.717) is 17.3 Å². The zero-order valence-electron chi connectivity index (χ0n) is 10.8. The van der Waals surface area contributed by atoms with E-state index in [4.69, 9.17) is 0 Å². The van der Waals surface area contributed by atoms with Crippen LogP contribution < -0.4 is 5.32 Å². The summed E-state index contributed by atoms with van der Waals surface area (Å²) in [5.41, 5.74) is 1.54. The van der Waals surface area contributed by atoms with Gasteiger partial charge < -0.3 is 10.2 Å². The van der Waals surface area contributed by atoms with E-state index in [9.17, 15) is 10.1 Å². The summed E-state index contributed by atoms with van der Waals surface area (Å²) >= 11 is 0. The molecule has 1 aliphatic heterocycles. The summed E-state index contributed by atoms with van der Waals surface area (Å²) in [6.07, 6.45) is 2.20. The highest BCUT2D eigenvalue weighted by atomic mass is 16.6. The van der Waals surface area contributed by atoms with Crippen molar-refractivity contribution in [1.82, 2.24) is 4.90 Å². The quantitative estimate of drug-likeness (QED) is 0.660. The minimum atomic E-state index is -0.301. The molecule has 1 atom stereocenters. The van der Waals surface area contributed by atoms with Crippen LogP contribution in [0.1, 0.15) is 18.4 Å². The lowest BCUT2D eigenvalue weighted by Crippen LogP contribution is -2.39. The first-order valence-corrected chi connectivity index (χ1v) is 6.27. The van der Waals surface area contributed by atoms with E-state index in [1.54, 1.807) is 19.1 Å². The number of hydrogen-bond donors (Lipinski definition) is 1. The predicted molar refractivity (Wildman–Crippen MR) is 72.0 cm³/mol. The van der Waals surface area contributed by atoms with E-state index in [-0.39, 0.29) is 10.6 Å². The molecular weight excluding hydrogens is 230 g/mol. The number of aryl methyl sites for hydroxylation is 1. The Morgan fingerprint density at radius 2 is 2.28 bits per heavy atom. The third-order valence-electron chi connectivity index (χ3n) is 3.40. The topological polar surface area (TPSA) is 58.4 Å². The maximum absolute atomic E-state index is 11.1. The third-order valence-corrected chi connectivity index (χ3v) is 3.40. The van der Waals surface area contributed by atoms with Gasteiger partial charge in [-0.1, -0.05) is 12.1 Å². The molecule has 1 unspecified atom stereocenters. The van der Waals surface area contributed by atoms with Gasteiger partial charge in [-0.15, -0.1) is 0 Å². The molecule has 18 heavy (non-hydrogen) atoms. The lowest BCUT2D eigenvalue weighted by atomic mass is 10.1. The molecule has 1 saturated heterocycles. The number of benzene rings is 1. The Balaban J connectivity index is 2.18. The Kier molecular flexibility index (Phi) is 3.81. The van der Waals surface area contributed by atoms with Gasteiger partial charge in [0.2, 0.25) is 0 Å². The Bertz CT molecular complexity index is 448. The highest BCUT2D eigenvalue weighted by molar-refractivity contribution is 5.65. The molecule has 1 N–H and O–H groups in total. The van der Waals surface area contributed by atoms with Gasteiger partial charge >= 0.3 is 0 Å². The predicted octanol–water partition coefficient (Wildman–Crippen LogP) is 2.41. The lowest BCUT2D eigenvalue weighted by molar-refractivity contribution is -0.384. The molecule has 1 aromatic carbocycles. The fourth-order valence-electron chi connectivity index (χ4n) is 2.52. The van der Waals surface area contributed by atoms with Crippen LogP contribution in [-0.2, 0) is 0 Å². The minimum absolute atomic E-state index is 0.200. The van der Waals surface area contributed by atoms with E-state index in [0.717, 1.165) is 25.9 Å². The average Bonchev–Trinajstić information content (AvgIpc) is 2.28. The lowest BCUT2D eigenvalue weighted by Gasteiger charge is -2.30. The third kappa shape index (κ3) is 2.79. The number of para-hydroxylation sites is 1. The van der Waals surface area contributed by atoms with Crippen LogP contribution in [0, 0.1) is 17.0 Å². The molecule has 0 aromatic heterocycles. The first-order chi connectivity index (χ1) is 8.58. The van der Waals surface area contributed by atoms with E-state index in [1.807, 2.05) is 6.07 Å². The zero-order valence-corrected chi connectivity index (χ0v) is 10.8. The number of nitro groups is 1. The molecule has 0 spiro atoms. The molecule has 0 bridgehead atoms. The van der Waals surface area contributed by atoms with Crippen LogP contribution in [0.15, 0.2) is 18.2 Å². The van der Waals surface area contributed by atoms with Gasteiger partial charge in [-0.25, -0.2) is 0 Å². The molecule has 5 heteroatoms. The number of rotatable bonds is 3. The summed E-state index contributed by atoms with van der Waals surface area (Å²) in [4.78, 5) is 13.1. The molecule has 1 aliphatic rings. The summed E-state index contributed by atoms with van der Waals surface area (Å²) in [6, 6.07) is 5.72. The Hall–Kier alpha value is -1.62. The van der Waals surface area contributed by atoms with Gasteiger partial charge in [-0.3, -0.25) is 10.1 Å². The number of nitro benzene ring substituents is 1. The maximum Gasteiger partial charge on any atom is 0.295 e. The second-order valence-corrected chi connectivity index (χ2v) is 4.97. The number of piperidine rings is 1. The van der Waals surface area contributed by atoms with Crippen molar-refractivity contribution in [3.8, 4) is 0 Å². The van der Waals surface area contributed by atoms with Crippen molar-refractivity contribution in [3.63, 3.8) is 0 Å². The van der Waals surface area contributed by atoms with E-state index < -0.39 is 0 Å². The first kappa shape index (κ1) is 12.8. The average molecular weight is 249 g/mol. The Morgan fingerprint density at radius 3 is 2.94 bits per heavy atom. The smallest absolute Gasteiger partial charge is 0.295 e. The fourth-order valence-corrected chi connectivity index (χ4v) is 2.52. The van der Waals surface area contributed by atoms with Crippen molar-refractivity contribution < 1.29 is 4.92 Å². The first-order valence-electron chi connectivity index (χ1n) is 6.27. The van der Waals surface area contributed by atoms with E-state index in [2.05, 4.69) is 17.3 Å². The molecular formula is C13H19N3O2. The zero-order chi connectivity index (χ0) is 13.1. The standard InChI is InChI=1S/C13H19N3O2/c1-10-5-3-7-12(13(10)16(17)18)14-11-6-4-8-15(2)9-11/h3,5,7,11,14H,4,6,8-9H2,1-2H3. The summed E-state index contributed by atoms with van der Waals surface area (Å²) < 4.78 is 0. The van der Waals surface area contributed by atoms with Gasteiger partial charge in [-0.05, 0) is 39.4 Å². The van der Waals surface area contributed by atoms with Crippen LogP contribution in [0.5, 0.6) is 0 Å². The highest BCUT2D eigenvalue weighted by Gasteiger charge is 2.22. The maximum atomic E-state index is 11.1. The second-order valence-electron chi connectivity index (χ2n) is 4.97. The molecule has 2 rings (SSSR count). The van der Waals surface area contributed by atoms with Crippen LogP contribution in [0.4, 0.5) is 11.4 Å². The van der Waals surface area contributed by atoms with Gasteiger partial charge in [-0.2, -0.15) is 0 Å². The number of likely N-dealkylation sites (tertiary alicyclic amines) is 1. The van der Waals surface area contributed by atoms with Gasteiger partial charge in [0.05, 0.1) is 4.92 Å². The normalized spacial score (nSPS) is 20.7. The molecule has 0 saturated carbocycles. The van der Waals surface area contributed by atoms with Crippen molar-refractivity contribution >= 4 is 11.4 Å². The largest absolute Gasteiger partial charge is 0.375 e. The van der Waals surface area contributed by atoms with Crippen molar-refractivity contribution in [1.29, 1.82) is 0 Å². The second kappa shape index (κ2) is 5.35. The van der Waals surface area contributed by atoms with Gasteiger partial charge in [0.1, 0.15) is 5.69 Å². The van der Waals surface area contributed by atoms with Crippen LogP contribution in [0.25, 0.3) is 0 Å². The monoisotopic (exact) mass is 249 g/mol. The number of hydrogen-bond acceptors (Lipinski definition) is 4. The van der Waals surface area contributed by atoms with Crippen molar-refractivity contribution in [2.45, 2.75) is 25.8 Å². The minimum Gasteiger partial charge on any atom is -0.375 e. The molecule has 98 valence electrons. The summed E-state index contributed by atoms with van der Waals surface area (Å²) in [7, 11) is 2.08. The van der Waals surface area contributed by atoms with Gasteiger partial charge in [0.15, 0.2) is 0 Å². The van der Waals surface area contributed by atoms with Crippen LogP contribution in [0.3, 0.4) is 0 Å². The molecule has 0 aliphatic carbocycles. The number of nitrogens with zero attached hydrogens (tertiary/aromatic N) is 2. The van der Waals surface area contributed by atoms with Crippen LogP contribution >= 0.6 is 0 Å². The molecule has 1 fully saturated rings. The summed E-state index contributed by atoms with van der Waals surface area (Å²) in [6.45, 7) is 3.81. The van der Waals surface area contributed by atoms with E-state index >= 15 is 0 Å². The van der Waals surface area contributed by atoms with Gasteiger partial charge in [0, 0.05) is 18.2 Å². The van der Waals surface area contributed by atoms with Crippen LogP contribution in [-0.4, -0.2) is 36.0 Å². The van der Waals surface area contributed by atoms with Crippen molar-refractivity contribution in [2.75, 3.05) is 25.5 Å². The van der Waals surface area contributed by atoms with Crippen LogP contribution in [0.2, 0.25) is 0 Å². The van der Waals surface area contributed by atoms with Crippen molar-refractivity contribution in [2.24, 2.45) is 0 Å². The van der Waals surface area contributed by atoms with E-state index in [1.165, 1.54) is 0 Å². The SMILES string of the molecule is Cc1cccc(NC2CCCN(C)C2)c1[N+](=O)[O-]. The molecule has 1 aromatic rings. The molecule has 1 heterocycles. The number of likely N-dealkylation sites (N-methyl/N-ethyl adjacent to an activating group) is 1. The van der Waals surface area contributed by atoms with Gasteiger partial charge in [0.25, 0.3) is 5.69 Å². The Labute approximate surface area is 107 Å². The Morgan fingerprint density at radius 1 is 1.50 bits per heavy atom. The molecule has 0 amide bonds. The number of nitrogens with one attached hydrogen (secondary N) is 1.